The molecule has 0 amide bonds. The van der Waals surface area contributed by atoms with Crippen molar-refractivity contribution in [3.05, 3.63) is 52.1 Å². The van der Waals surface area contributed by atoms with Crippen LogP contribution in [0.4, 0.5) is 0 Å². The van der Waals surface area contributed by atoms with E-state index in [-0.39, 0.29) is 6.10 Å². The largest absolute Gasteiger partial charge is 0.491 e. The molecule has 1 saturated heterocycles. The molecule has 4 N–H and O–H groups in total. The summed E-state index contributed by atoms with van der Waals surface area (Å²) in [7, 11) is 0. The van der Waals surface area contributed by atoms with Crippen molar-refractivity contribution in [1.82, 2.24) is 0 Å². The Morgan fingerprint density at radius 3 is 2.32 bits per heavy atom. The molecular formula is C28H40O6. The third-order valence-electron chi connectivity index (χ3n) is 7.87. The quantitative estimate of drug-likeness (QED) is 0.485. The molecule has 4 rings (SSSR count). The van der Waals surface area contributed by atoms with E-state index in [0.29, 0.717) is 6.42 Å². The van der Waals surface area contributed by atoms with Gasteiger partial charge in [-0.2, -0.15) is 0 Å². The van der Waals surface area contributed by atoms with Gasteiger partial charge in [0.1, 0.15) is 30.2 Å². The summed E-state index contributed by atoms with van der Waals surface area (Å²) in [5.41, 5.74) is 6.11. The van der Waals surface area contributed by atoms with Gasteiger partial charge in [0.2, 0.25) is 0 Å². The maximum absolute atomic E-state index is 11.0. The summed E-state index contributed by atoms with van der Waals surface area (Å²) in [6, 6.07) is 8.26. The van der Waals surface area contributed by atoms with Crippen LogP contribution in [0.2, 0.25) is 0 Å². The van der Waals surface area contributed by atoms with E-state index in [1.807, 2.05) is 26.0 Å². The smallest absolute Gasteiger partial charge is 0.119 e. The summed E-state index contributed by atoms with van der Waals surface area (Å²) in [5, 5.41) is 41.6. The number of benzene rings is 1. The summed E-state index contributed by atoms with van der Waals surface area (Å²) in [6.07, 6.45) is 0.123. The van der Waals surface area contributed by atoms with Crippen LogP contribution in [0.1, 0.15) is 65.4 Å². The first-order valence-corrected chi connectivity index (χ1v) is 12.7. The third-order valence-corrected chi connectivity index (χ3v) is 7.87. The number of aliphatic hydroxyl groups excluding tert-OH is 4. The molecule has 6 heteroatoms. The van der Waals surface area contributed by atoms with Crippen molar-refractivity contribution in [2.75, 3.05) is 6.61 Å². The van der Waals surface area contributed by atoms with Crippen molar-refractivity contribution in [2.24, 2.45) is 5.41 Å². The third kappa shape index (κ3) is 4.59. The van der Waals surface area contributed by atoms with E-state index in [0.717, 1.165) is 37.9 Å². The zero-order valence-corrected chi connectivity index (χ0v) is 20.8. The monoisotopic (exact) mass is 472 g/mol. The molecule has 0 aromatic heterocycles. The van der Waals surface area contributed by atoms with Crippen molar-refractivity contribution in [3.8, 4) is 5.75 Å². The lowest BCUT2D eigenvalue weighted by Gasteiger charge is -2.51. The molecule has 1 heterocycles. The Balaban J connectivity index is 1.68. The lowest BCUT2D eigenvalue weighted by molar-refractivity contribution is -0.250. The second-order valence-corrected chi connectivity index (χ2v) is 10.6. The predicted octanol–water partition coefficient (Wildman–Crippen LogP) is 3.46. The summed E-state index contributed by atoms with van der Waals surface area (Å²) < 4.78 is 11.9. The first kappa shape index (κ1) is 25.4. The highest BCUT2D eigenvalue weighted by Gasteiger charge is 2.53. The fourth-order valence-corrected chi connectivity index (χ4v) is 6.36. The van der Waals surface area contributed by atoms with Crippen LogP contribution in [0.5, 0.6) is 5.75 Å². The Morgan fingerprint density at radius 2 is 1.71 bits per heavy atom. The Hall–Kier alpha value is -1.70. The Morgan fingerprint density at radius 1 is 1.03 bits per heavy atom. The molecule has 0 spiro atoms. The molecule has 1 saturated carbocycles. The molecule has 1 aromatic carbocycles. The van der Waals surface area contributed by atoms with Gasteiger partial charge in [-0.15, -0.1) is 0 Å². The van der Waals surface area contributed by atoms with E-state index < -0.39 is 42.5 Å². The average molecular weight is 473 g/mol. The maximum atomic E-state index is 11.0. The van der Waals surface area contributed by atoms with E-state index in [2.05, 4.69) is 26.0 Å². The Bertz CT molecular complexity index is 931. The Labute approximate surface area is 202 Å². The highest BCUT2D eigenvalue weighted by Crippen LogP contribution is 2.54. The molecule has 1 aromatic rings. The van der Waals surface area contributed by atoms with Crippen molar-refractivity contribution in [1.29, 1.82) is 0 Å². The van der Waals surface area contributed by atoms with Crippen molar-refractivity contribution in [2.45, 2.75) is 103 Å². The number of hydrogen-bond donors (Lipinski definition) is 4. The predicted molar refractivity (Wildman–Crippen MR) is 131 cm³/mol. The highest BCUT2D eigenvalue weighted by molar-refractivity contribution is 5.50. The summed E-state index contributed by atoms with van der Waals surface area (Å²) in [6.45, 7) is 7.87. The molecule has 2 fully saturated rings. The molecule has 34 heavy (non-hydrogen) atoms. The van der Waals surface area contributed by atoms with E-state index in [1.165, 1.54) is 27.9 Å². The van der Waals surface area contributed by atoms with Gasteiger partial charge >= 0.3 is 0 Å². The van der Waals surface area contributed by atoms with Crippen LogP contribution in [0.15, 0.2) is 46.6 Å². The van der Waals surface area contributed by atoms with Gasteiger partial charge in [0, 0.05) is 5.41 Å². The maximum Gasteiger partial charge on any atom is 0.119 e. The van der Waals surface area contributed by atoms with Gasteiger partial charge < -0.3 is 29.9 Å². The summed E-state index contributed by atoms with van der Waals surface area (Å²) in [5.74, 6) is 0.862. The number of rotatable bonds is 7. The minimum absolute atomic E-state index is 0.131. The average Bonchev–Trinajstić information content (AvgIpc) is 3.28. The van der Waals surface area contributed by atoms with Gasteiger partial charge in [-0.25, -0.2) is 0 Å². The topological polar surface area (TPSA) is 99.4 Å². The van der Waals surface area contributed by atoms with Gasteiger partial charge in [0.25, 0.3) is 0 Å². The van der Waals surface area contributed by atoms with Crippen molar-refractivity contribution in [3.63, 3.8) is 0 Å². The van der Waals surface area contributed by atoms with E-state index in [9.17, 15) is 20.4 Å². The van der Waals surface area contributed by atoms with Crippen LogP contribution in [-0.2, 0) is 11.2 Å². The second kappa shape index (κ2) is 10.1. The molecular weight excluding hydrogens is 432 g/mol. The van der Waals surface area contributed by atoms with E-state index in [4.69, 9.17) is 9.47 Å². The fraction of sp³-hybridized carbons (Fsp3) is 0.643. The van der Waals surface area contributed by atoms with Gasteiger partial charge in [-0.05, 0) is 81.2 Å². The normalized spacial score (nSPS) is 34.1. The number of hydrogen-bond acceptors (Lipinski definition) is 6. The highest BCUT2D eigenvalue weighted by atomic mass is 16.5. The number of fused-ring (bicyclic) bond motifs is 1. The molecule has 3 aliphatic rings. The number of aliphatic hydroxyl groups is 4. The van der Waals surface area contributed by atoms with Crippen LogP contribution in [0, 0.1) is 5.41 Å². The molecule has 1 aliphatic heterocycles. The second-order valence-electron chi connectivity index (χ2n) is 10.6. The van der Waals surface area contributed by atoms with Gasteiger partial charge in [0.15, 0.2) is 0 Å². The zero-order chi connectivity index (χ0) is 24.6. The summed E-state index contributed by atoms with van der Waals surface area (Å²) >= 11 is 0. The lowest BCUT2D eigenvalue weighted by atomic mass is 9.62. The Kier molecular flexibility index (Phi) is 7.56. The first-order valence-electron chi connectivity index (χ1n) is 12.7. The molecule has 188 valence electrons. The number of ether oxygens (including phenoxy) is 2. The SMILES string of the molecule is CCC1=C2CCCC2=C(Cc2ccc(OC(C)C)cc2)CC1(C)[C@@H]1O[C@H](CO)[C@@H](O)[C@H](O)[C@H]1O. The van der Waals surface area contributed by atoms with Crippen LogP contribution in [0.3, 0.4) is 0 Å². The van der Waals surface area contributed by atoms with Gasteiger partial charge in [0.05, 0.1) is 18.8 Å². The van der Waals surface area contributed by atoms with Crippen molar-refractivity contribution < 1.29 is 29.9 Å². The minimum atomic E-state index is -1.36. The molecule has 1 unspecified atom stereocenters. The van der Waals surface area contributed by atoms with Crippen LogP contribution >= 0.6 is 0 Å². The molecule has 2 aliphatic carbocycles. The zero-order valence-electron chi connectivity index (χ0n) is 20.8. The van der Waals surface area contributed by atoms with Crippen LogP contribution in [-0.4, -0.2) is 63.7 Å². The first-order chi connectivity index (χ1) is 16.2. The van der Waals surface area contributed by atoms with Gasteiger partial charge in [-0.1, -0.05) is 37.1 Å². The summed E-state index contributed by atoms with van der Waals surface area (Å²) in [4.78, 5) is 0. The van der Waals surface area contributed by atoms with Crippen LogP contribution in [0.25, 0.3) is 0 Å². The van der Waals surface area contributed by atoms with Gasteiger partial charge in [-0.3, -0.25) is 0 Å². The fourth-order valence-electron chi connectivity index (χ4n) is 6.36. The van der Waals surface area contributed by atoms with Crippen molar-refractivity contribution >= 4 is 0 Å². The molecule has 0 radical (unpaired) electrons. The number of allylic oxidation sites excluding steroid dienone is 3. The molecule has 0 bridgehead atoms. The van der Waals surface area contributed by atoms with E-state index >= 15 is 0 Å². The van der Waals surface area contributed by atoms with Crippen LogP contribution < -0.4 is 4.74 Å². The molecule has 6 nitrogen and oxygen atoms in total. The minimum Gasteiger partial charge on any atom is -0.491 e. The standard InChI is InChI=1S/C28H40O6/c1-5-22-21-8-6-7-20(21)18(13-17-9-11-19(12-10-17)33-16(2)3)14-28(22,4)27-26(32)25(31)24(30)23(15-29)34-27/h9-12,16,23-27,29-32H,5-8,13-15H2,1-4H3/t23-,24-,25+,26-,27-,28?/m1/s1. The lowest BCUT2D eigenvalue weighted by Crippen LogP contribution is -2.63. The molecule has 6 atom stereocenters. The van der Waals surface area contributed by atoms with E-state index in [1.54, 1.807) is 0 Å².